The van der Waals surface area contributed by atoms with Gasteiger partial charge in [0.05, 0.1) is 6.54 Å². The van der Waals surface area contributed by atoms with E-state index in [0.29, 0.717) is 36.1 Å². The van der Waals surface area contributed by atoms with E-state index in [2.05, 4.69) is 20.4 Å². The monoisotopic (exact) mass is 468 g/mol. The molecule has 0 radical (unpaired) electrons. The molecule has 0 atom stereocenters. The quantitative estimate of drug-likeness (QED) is 0.468. The zero-order valence-corrected chi connectivity index (χ0v) is 19.6. The minimum atomic E-state index is -0.173. The second-order valence-corrected chi connectivity index (χ2v) is 9.47. The predicted molar refractivity (Wildman–Crippen MR) is 128 cm³/mol. The summed E-state index contributed by atoms with van der Waals surface area (Å²) < 4.78 is 19.1. The van der Waals surface area contributed by atoms with Gasteiger partial charge >= 0.3 is 0 Å². The zero-order chi connectivity index (χ0) is 23.0. The van der Waals surface area contributed by atoms with Crippen LogP contribution in [0.2, 0.25) is 0 Å². The van der Waals surface area contributed by atoms with Crippen LogP contribution >= 0.6 is 11.8 Å². The van der Waals surface area contributed by atoms with Crippen LogP contribution in [0.1, 0.15) is 29.9 Å². The largest absolute Gasteiger partial charge is 0.355 e. The molecule has 3 aromatic rings. The van der Waals surface area contributed by atoms with E-state index in [1.165, 1.54) is 11.6 Å². The van der Waals surface area contributed by atoms with Crippen LogP contribution in [0.15, 0.2) is 53.1 Å². The Morgan fingerprint density at radius 2 is 1.94 bits per heavy atom. The third-order valence-electron chi connectivity index (χ3n) is 5.86. The van der Waals surface area contributed by atoms with Crippen molar-refractivity contribution >= 4 is 17.7 Å². The molecule has 1 saturated heterocycles. The van der Waals surface area contributed by atoms with E-state index in [0.717, 1.165) is 37.2 Å². The average molecular weight is 469 g/mol. The molecule has 1 amide bonds. The number of amides is 1. The Hall–Kier alpha value is -2.71. The highest BCUT2D eigenvalue weighted by atomic mass is 32.2. The fourth-order valence-electron chi connectivity index (χ4n) is 3.87. The van der Waals surface area contributed by atoms with Crippen LogP contribution in [0.3, 0.4) is 0 Å². The molecule has 6 nitrogen and oxygen atoms in total. The van der Waals surface area contributed by atoms with E-state index in [-0.39, 0.29) is 17.6 Å². The number of hydrogen-bond donors (Lipinski definition) is 1. The van der Waals surface area contributed by atoms with Gasteiger partial charge in [0.2, 0.25) is 17.6 Å². The van der Waals surface area contributed by atoms with Gasteiger partial charge in [-0.3, -0.25) is 9.69 Å². The molecule has 0 saturated carbocycles. The Bertz CT molecular complexity index is 1050. The number of nitrogens with one attached hydrogen (secondary N) is 1. The Morgan fingerprint density at radius 1 is 1.18 bits per heavy atom. The third kappa shape index (κ3) is 6.65. The van der Waals surface area contributed by atoms with Crippen LogP contribution in [0.25, 0.3) is 11.4 Å². The summed E-state index contributed by atoms with van der Waals surface area (Å²) in [5.74, 6) is 2.55. The number of carbonyl (C=O) groups excluding carboxylic acids is 1. The lowest BCUT2D eigenvalue weighted by Crippen LogP contribution is -2.40. The summed E-state index contributed by atoms with van der Waals surface area (Å²) in [6.45, 7) is 4.88. The van der Waals surface area contributed by atoms with Crippen molar-refractivity contribution in [1.29, 1.82) is 0 Å². The van der Waals surface area contributed by atoms with Gasteiger partial charge in [-0.05, 0) is 44.5 Å². The van der Waals surface area contributed by atoms with E-state index in [1.807, 2.05) is 37.3 Å². The van der Waals surface area contributed by atoms with E-state index in [9.17, 15) is 9.18 Å². The second kappa shape index (κ2) is 11.4. The highest BCUT2D eigenvalue weighted by Crippen LogP contribution is 2.21. The fraction of sp³-hybridized carbons (Fsp3) is 0.400. The molecule has 0 bridgehead atoms. The minimum Gasteiger partial charge on any atom is -0.355 e. The maximum absolute atomic E-state index is 13.6. The van der Waals surface area contributed by atoms with Gasteiger partial charge in [0.1, 0.15) is 5.82 Å². The molecule has 1 N–H and O–H groups in total. The first-order chi connectivity index (χ1) is 16.1. The topological polar surface area (TPSA) is 71.3 Å². The molecule has 0 aliphatic carbocycles. The van der Waals surface area contributed by atoms with Crippen LogP contribution in [-0.2, 0) is 17.1 Å². The average Bonchev–Trinajstić information content (AvgIpc) is 3.29. The lowest BCUT2D eigenvalue weighted by molar-refractivity contribution is -0.126. The van der Waals surface area contributed by atoms with Gasteiger partial charge in [-0.15, -0.1) is 0 Å². The standard InChI is InChI=1S/C25H29FN4O2S/c1-18-6-8-19(9-7-18)24-28-23(32-29-24)16-30-13-10-20(11-14-30)25(31)27-12-15-33-17-21-4-2-3-5-22(21)26/h2-9,20H,10-17H2,1H3,(H,27,31). The second-order valence-electron chi connectivity index (χ2n) is 8.36. The number of aromatic nitrogens is 2. The van der Waals surface area contributed by atoms with Crippen molar-refractivity contribution in [3.05, 3.63) is 71.4 Å². The molecule has 1 aliphatic rings. The Balaban J connectivity index is 1.14. The molecule has 8 heteroatoms. The molecule has 1 fully saturated rings. The smallest absolute Gasteiger partial charge is 0.241 e. The van der Waals surface area contributed by atoms with Crippen molar-refractivity contribution < 1.29 is 13.7 Å². The van der Waals surface area contributed by atoms with Gasteiger partial charge in [-0.25, -0.2) is 4.39 Å². The number of benzene rings is 2. The van der Waals surface area contributed by atoms with Crippen LogP contribution in [0.5, 0.6) is 0 Å². The number of thioether (sulfide) groups is 1. The summed E-state index contributed by atoms with van der Waals surface area (Å²) in [6, 6.07) is 14.9. The number of likely N-dealkylation sites (tertiary alicyclic amines) is 1. The van der Waals surface area contributed by atoms with E-state index in [1.54, 1.807) is 23.9 Å². The maximum Gasteiger partial charge on any atom is 0.241 e. The van der Waals surface area contributed by atoms with Crippen molar-refractivity contribution in [2.24, 2.45) is 5.92 Å². The number of hydrogen-bond acceptors (Lipinski definition) is 6. The summed E-state index contributed by atoms with van der Waals surface area (Å²) in [6.07, 6.45) is 1.63. The highest BCUT2D eigenvalue weighted by molar-refractivity contribution is 7.98. The first-order valence-corrected chi connectivity index (χ1v) is 12.4. The molecular formula is C25H29FN4O2S. The fourth-order valence-corrected chi connectivity index (χ4v) is 4.72. The van der Waals surface area contributed by atoms with E-state index < -0.39 is 0 Å². The number of piperidine rings is 1. The molecule has 1 aliphatic heterocycles. The number of halogens is 1. The molecule has 0 unspecified atom stereocenters. The minimum absolute atomic E-state index is 0.0311. The Labute approximate surface area is 197 Å². The number of aryl methyl sites for hydroxylation is 1. The highest BCUT2D eigenvalue weighted by Gasteiger charge is 2.25. The van der Waals surface area contributed by atoms with Crippen molar-refractivity contribution in [3.63, 3.8) is 0 Å². The molecule has 4 rings (SSSR count). The number of carbonyl (C=O) groups is 1. The molecule has 33 heavy (non-hydrogen) atoms. The molecule has 2 heterocycles. The first-order valence-electron chi connectivity index (χ1n) is 11.3. The number of rotatable bonds is 9. The van der Waals surface area contributed by atoms with Crippen molar-refractivity contribution in [2.45, 2.75) is 32.1 Å². The van der Waals surface area contributed by atoms with Crippen molar-refractivity contribution in [2.75, 3.05) is 25.4 Å². The lowest BCUT2D eigenvalue weighted by atomic mass is 9.96. The van der Waals surface area contributed by atoms with Gasteiger partial charge in [0.15, 0.2) is 0 Å². The summed E-state index contributed by atoms with van der Waals surface area (Å²) in [5, 5.41) is 7.13. The van der Waals surface area contributed by atoms with Crippen molar-refractivity contribution in [3.8, 4) is 11.4 Å². The molecule has 2 aromatic carbocycles. The van der Waals surface area contributed by atoms with Gasteiger partial charge in [-0.2, -0.15) is 16.7 Å². The summed E-state index contributed by atoms with van der Waals surface area (Å²) in [4.78, 5) is 19.3. The van der Waals surface area contributed by atoms with Crippen molar-refractivity contribution in [1.82, 2.24) is 20.4 Å². The van der Waals surface area contributed by atoms with E-state index >= 15 is 0 Å². The number of nitrogens with zero attached hydrogens (tertiary/aromatic N) is 3. The molecule has 174 valence electrons. The maximum atomic E-state index is 13.6. The van der Waals surface area contributed by atoms with Crippen LogP contribution in [0.4, 0.5) is 4.39 Å². The van der Waals surface area contributed by atoms with E-state index in [4.69, 9.17) is 4.52 Å². The summed E-state index contributed by atoms with van der Waals surface area (Å²) >= 11 is 1.63. The first kappa shape index (κ1) is 23.4. The zero-order valence-electron chi connectivity index (χ0n) is 18.8. The van der Waals surface area contributed by atoms with Crippen LogP contribution in [0, 0.1) is 18.7 Å². The predicted octanol–water partition coefficient (Wildman–Crippen LogP) is 4.45. The Kier molecular flexibility index (Phi) is 8.12. The van der Waals surface area contributed by atoms with Gasteiger partial charge in [0, 0.05) is 29.5 Å². The Morgan fingerprint density at radius 3 is 2.70 bits per heavy atom. The molecule has 1 aromatic heterocycles. The molecule has 0 spiro atoms. The van der Waals surface area contributed by atoms with Crippen LogP contribution < -0.4 is 5.32 Å². The lowest BCUT2D eigenvalue weighted by Gasteiger charge is -2.30. The summed E-state index contributed by atoms with van der Waals surface area (Å²) in [7, 11) is 0. The molecular weight excluding hydrogens is 439 g/mol. The SMILES string of the molecule is Cc1ccc(-c2noc(CN3CCC(C(=O)NCCSCc4ccccc4F)CC3)n2)cc1. The van der Waals surface area contributed by atoms with Gasteiger partial charge in [-0.1, -0.05) is 53.2 Å². The van der Waals surface area contributed by atoms with Gasteiger partial charge in [0.25, 0.3) is 0 Å². The normalized spacial score (nSPS) is 15.0. The summed E-state index contributed by atoms with van der Waals surface area (Å²) in [5.41, 5.74) is 2.84. The third-order valence-corrected chi connectivity index (χ3v) is 6.86. The van der Waals surface area contributed by atoms with Gasteiger partial charge < -0.3 is 9.84 Å². The van der Waals surface area contributed by atoms with Crippen LogP contribution in [-0.4, -0.2) is 46.3 Å².